The molecule has 1 aliphatic heterocycles. The van der Waals surface area contributed by atoms with Crippen molar-refractivity contribution < 1.29 is 4.79 Å². The Kier molecular flexibility index (Phi) is 5.94. The van der Waals surface area contributed by atoms with Crippen molar-refractivity contribution in [1.82, 2.24) is 4.90 Å². The average Bonchev–Trinajstić information content (AvgIpc) is 3.11. The van der Waals surface area contributed by atoms with Crippen LogP contribution in [0.1, 0.15) is 23.6 Å². The van der Waals surface area contributed by atoms with Crippen LogP contribution in [0.2, 0.25) is 0 Å². The molecule has 0 saturated heterocycles. The number of nitrogens with zero attached hydrogens (tertiary/aromatic N) is 3. The maximum absolute atomic E-state index is 13.5. The van der Waals surface area contributed by atoms with Gasteiger partial charge in [0.2, 0.25) is 5.96 Å². The number of hydrogen-bond acceptors (Lipinski definition) is 3. The molecule has 0 bridgehead atoms. The lowest BCUT2D eigenvalue weighted by Crippen LogP contribution is -2.43. The summed E-state index contributed by atoms with van der Waals surface area (Å²) in [6.07, 6.45) is 1.53. The molecule has 0 radical (unpaired) electrons. The van der Waals surface area contributed by atoms with Gasteiger partial charge in [-0.05, 0) is 35.2 Å². The van der Waals surface area contributed by atoms with Crippen LogP contribution in [0.25, 0.3) is 0 Å². The minimum absolute atomic E-state index is 0.0296. The molecule has 0 N–H and O–H groups in total. The number of guanidine groups is 1. The predicted molar refractivity (Wildman–Crippen MR) is 123 cm³/mol. The van der Waals surface area contributed by atoms with Gasteiger partial charge < -0.3 is 4.90 Å². The second kappa shape index (κ2) is 8.95. The molecule has 30 heavy (non-hydrogen) atoms. The first-order valence-corrected chi connectivity index (χ1v) is 10.5. The lowest BCUT2D eigenvalue weighted by molar-refractivity contribution is -0.118. The first-order valence-electron chi connectivity index (χ1n) is 10.5. The van der Waals surface area contributed by atoms with E-state index in [0.29, 0.717) is 18.9 Å². The number of rotatable bonds is 6. The van der Waals surface area contributed by atoms with Crippen LogP contribution in [0.5, 0.6) is 0 Å². The summed E-state index contributed by atoms with van der Waals surface area (Å²) in [5.74, 6) is 0.736. The normalized spacial score (nSPS) is 15.9. The molecular formula is C26H27N3O. The molecule has 1 heterocycles. The van der Waals surface area contributed by atoms with Crippen molar-refractivity contribution in [2.75, 3.05) is 11.9 Å². The van der Waals surface area contributed by atoms with E-state index in [1.54, 1.807) is 4.90 Å². The van der Waals surface area contributed by atoms with Gasteiger partial charge in [0.15, 0.2) is 0 Å². The van der Waals surface area contributed by atoms with Crippen molar-refractivity contribution >= 4 is 17.6 Å². The van der Waals surface area contributed by atoms with Crippen molar-refractivity contribution in [3.8, 4) is 0 Å². The fourth-order valence-corrected chi connectivity index (χ4v) is 3.83. The van der Waals surface area contributed by atoms with Gasteiger partial charge in [0, 0.05) is 20.0 Å². The zero-order valence-electron chi connectivity index (χ0n) is 17.5. The number of hydrogen-bond donors (Lipinski definition) is 0. The smallest absolute Gasteiger partial charge is 0.259 e. The summed E-state index contributed by atoms with van der Waals surface area (Å²) >= 11 is 0. The van der Waals surface area contributed by atoms with E-state index >= 15 is 0 Å². The molecule has 4 heteroatoms. The predicted octanol–water partition coefficient (Wildman–Crippen LogP) is 4.69. The standard InChI is InChI=1S/C26H27N3O/c1-3-20-15-10-16-23(17-20)29-25(30)24(18-21-11-6-4-7-12-21)27-26(29)28(2)19-22-13-8-5-9-14-22/h4-17,24H,3,18-19H2,1-2H3. The maximum Gasteiger partial charge on any atom is 0.259 e. The Labute approximate surface area is 178 Å². The van der Waals surface area contributed by atoms with E-state index in [9.17, 15) is 4.79 Å². The second-order valence-electron chi connectivity index (χ2n) is 7.67. The first kappa shape index (κ1) is 19.9. The maximum atomic E-state index is 13.5. The first-order chi connectivity index (χ1) is 14.7. The van der Waals surface area contributed by atoms with Crippen LogP contribution in [0.4, 0.5) is 5.69 Å². The molecule has 3 aromatic carbocycles. The molecule has 0 spiro atoms. The summed E-state index contributed by atoms with van der Waals surface area (Å²) in [6.45, 7) is 2.81. The van der Waals surface area contributed by atoms with Crippen LogP contribution in [0, 0.1) is 0 Å². The number of aryl methyl sites for hydroxylation is 1. The number of amides is 1. The molecule has 0 fully saturated rings. The SMILES string of the molecule is CCc1cccc(N2C(=O)C(Cc3ccccc3)N=C2N(C)Cc2ccccc2)c1. The minimum atomic E-state index is -0.411. The van der Waals surface area contributed by atoms with Gasteiger partial charge in [0.05, 0.1) is 5.69 Å². The fourth-order valence-electron chi connectivity index (χ4n) is 3.83. The highest BCUT2D eigenvalue weighted by atomic mass is 16.2. The van der Waals surface area contributed by atoms with E-state index in [2.05, 4.69) is 48.2 Å². The number of anilines is 1. The van der Waals surface area contributed by atoms with E-state index in [4.69, 9.17) is 4.99 Å². The third-order valence-corrected chi connectivity index (χ3v) is 5.43. The monoisotopic (exact) mass is 397 g/mol. The van der Waals surface area contributed by atoms with E-state index < -0.39 is 6.04 Å². The summed E-state index contributed by atoms with van der Waals surface area (Å²) in [7, 11) is 2.00. The van der Waals surface area contributed by atoms with E-state index in [1.807, 2.05) is 55.6 Å². The second-order valence-corrected chi connectivity index (χ2v) is 7.67. The topological polar surface area (TPSA) is 35.9 Å². The summed E-state index contributed by atoms with van der Waals surface area (Å²) in [4.78, 5) is 22.2. The third-order valence-electron chi connectivity index (χ3n) is 5.43. The Morgan fingerprint density at radius 1 is 0.867 bits per heavy atom. The molecule has 1 unspecified atom stereocenters. The van der Waals surface area contributed by atoms with Crippen molar-refractivity contribution in [2.24, 2.45) is 4.99 Å². The van der Waals surface area contributed by atoms with Gasteiger partial charge in [-0.3, -0.25) is 4.79 Å². The highest BCUT2D eigenvalue weighted by Gasteiger charge is 2.37. The average molecular weight is 398 g/mol. The van der Waals surface area contributed by atoms with Gasteiger partial charge in [0.25, 0.3) is 5.91 Å². The van der Waals surface area contributed by atoms with Gasteiger partial charge in [-0.15, -0.1) is 0 Å². The molecule has 1 atom stereocenters. The van der Waals surface area contributed by atoms with E-state index in [0.717, 1.165) is 17.7 Å². The van der Waals surface area contributed by atoms with Gasteiger partial charge in [-0.25, -0.2) is 9.89 Å². The molecule has 4 nitrogen and oxygen atoms in total. The Hall–Kier alpha value is -3.40. The Morgan fingerprint density at radius 2 is 1.50 bits per heavy atom. The lowest BCUT2D eigenvalue weighted by Gasteiger charge is -2.27. The number of benzene rings is 3. The summed E-state index contributed by atoms with van der Waals surface area (Å²) < 4.78 is 0. The summed E-state index contributed by atoms with van der Waals surface area (Å²) in [5, 5.41) is 0. The van der Waals surface area contributed by atoms with Crippen LogP contribution >= 0.6 is 0 Å². The highest BCUT2D eigenvalue weighted by Crippen LogP contribution is 2.26. The van der Waals surface area contributed by atoms with Crippen LogP contribution < -0.4 is 4.90 Å². The van der Waals surface area contributed by atoms with E-state index in [-0.39, 0.29) is 5.91 Å². The number of carbonyl (C=O) groups excluding carboxylic acids is 1. The largest absolute Gasteiger partial charge is 0.341 e. The Bertz CT molecular complexity index is 1030. The molecule has 1 amide bonds. The van der Waals surface area contributed by atoms with Crippen molar-refractivity contribution in [1.29, 1.82) is 0 Å². The highest BCUT2D eigenvalue weighted by molar-refractivity contribution is 6.22. The number of carbonyl (C=O) groups is 1. The lowest BCUT2D eigenvalue weighted by atomic mass is 10.1. The van der Waals surface area contributed by atoms with Crippen LogP contribution in [0.3, 0.4) is 0 Å². The van der Waals surface area contributed by atoms with Crippen molar-refractivity contribution in [3.05, 3.63) is 102 Å². The molecule has 0 saturated carbocycles. The van der Waals surface area contributed by atoms with E-state index in [1.165, 1.54) is 11.1 Å². The molecule has 3 aromatic rings. The molecule has 152 valence electrons. The third kappa shape index (κ3) is 4.28. The van der Waals surface area contributed by atoms with Crippen molar-refractivity contribution in [2.45, 2.75) is 32.4 Å². The minimum Gasteiger partial charge on any atom is -0.341 e. The summed E-state index contributed by atoms with van der Waals surface area (Å²) in [6, 6.07) is 28.2. The van der Waals surface area contributed by atoms with Gasteiger partial charge >= 0.3 is 0 Å². The molecule has 0 aromatic heterocycles. The van der Waals surface area contributed by atoms with Crippen molar-refractivity contribution in [3.63, 3.8) is 0 Å². The zero-order valence-corrected chi connectivity index (χ0v) is 17.5. The zero-order chi connectivity index (χ0) is 20.9. The molecule has 0 aliphatic carbocycles. The van der Waals surface area contributed by atoms with Gasteiger partial charge in [0.1, 0.15) is 6.04 Å². The Morgan fingerprint density at radius 3 is 2.17 bits per heavy atom. The van der Waals surface area contributed by atoms with Crippen LogP contribution in [-0.2, 0) is 24.2 Å². The quantitative estimate of drug-likeness (QED) is 0.605. The molecule has 1 aliphatic rings. The molecular weight excluding hydrogens is 370 g/mol. The molecule has 4 rings (SSSR count). The number of aliphatic imine (C=N–C) groups is 1. The van der Waals surface area contributed by atoms with Crippen LogP contribution in [-0.4, -0.2) is 29.9 Å². The fraction of sp³-hybridized carbons (Fsp3) is 0.231. The van der Waals surface area contributed by atoms with Gasteiger partial charge in [-0.2, -0.15) is 0 Å². The van der Waals surface area contributed by atoms with Crippen LogP contribution in [0.15, 0.2) is 89.9 Å². The summed E-state index contributed by atoms with van der Waals surface area (Å²) in [5.41, 5.74) is 4.39. The Balaban J connectivity index is 1.66. The van der Waals surface area contributed by atoms with Gasteiger partial charge in [-0.1, -0.05) is 79.7 Å².